The molecule has 22 heavy (non-hydrogen) atoms. The first-order chi connectivity index (χ1) is 10.5. The van der Waals surface area contributed by atoms with E-state index in [9.17, 15) is 9.90 Å². The highest BCUT2D eigenvalue weighted by atomic mass is 16.5. The average Bonchev–Trinajstić information content (AvgIpc) is 2.52. The molecule has 2 N–H and O–H groups in total. The lowest BCUT2D eigenvalue weighted by Gasteiger charge is -2.07. The summed E-state index contributed by atoms with van der Waals surface area (Å²) in [4.78, 5) is 12.0. The van der Waals surface area contributed by atoms with Crippen LogP contribution in [0.3, 0.4) is 0 Å². The summed E-state index contributed by atoms with van der Waals surface area (Å²) in [6.45, 7) is 3.62. The van der Waals surface area contributed by atoms with Gasteiger partial charge in [0.25, 0.3) is 5.91 Å². The van der Waals surface area contributed by atoms with Crippen LogP contribution in [0.2, 0.25) is 0 Å². The van der Waals surface area contributed by atoms with Gasteiger partial charge in [-0.25, -0.2) is 5.43 Å². The van der Waals surface area contributed by atoms with E-state index in [1.54, 1.807) is 31.2 Å². The molecule has 0 saturated carbocycles. The summed E-state index contributed by atoms with van der Waals surface area (Å²) in [5.41, 5.74) is 5.06. The maximum absolute atomic E-state index is 12.0. The standard InChI is InChI=1S/C17H18N2O3/c1-11-5-4-6-13(9-11)17(21)19-18-12(2)15-8-7-14(22-3)10-16(15)20/h4-10,20H,1-3H3,(H,19,21). The van der Waals surface area contributed by atoms with Crippen molar-refractivity contribution in [2.75, 3.05) is 7.11 Å². The van der Waals surface area contributed by atoms with Crippen LogP contribution in [-0.2, 0) is 0 Å². The molecule has 0 saturated heterocycles. The van der Waals surface area contributed by atoms with Crippen LogP contribution in [0.25, 0.3) is 0 Å². The molecule has 1 amide bonds. The Morgan fingerprint density at radius 1 is 1.23 bits per heavy atom. The third-order valence-electron chi connectivity index (χ3n) is 3.20. The lowest BCUT2D eigenvalue weighted by atomic mass is 10.1. The Kier molecular flexibility index (Phi) is 4.78. The molecule has 5 heteroatoms. The van der Waals surface area contributed by atoms with Gasteiger partial charge in [0.2, 0.25) is 0 Å². The predicted octanol–water partition coefficient (Wildman–Crippen LogP) is 2.86. The van der Waals surface area contributed by atoms with Crippen molar-refractivity contribution in [2.45, 2.75) is 13.8 Å². The first kappa shape index (κ1) is 15.6. The zero-order valence-electron chi connectivity index (χ0n) is 12.8. The van der Waals surface area contributed by atoms with Crippen molar-refractivity contribution in [3.8, 4) is 11.5 Å². The molecule has 0 atom stereocenters. The summed E-state index contributed by atoms with van der Waals surface area (Å²) in [6, 6.07) is 12.1. The van der Waals surface area contributed by atoms with Gasteiger partial charge in [0.15, 0.2) is 0 Å². The summed E-state index contributed by atoms with van der Waals surface area (Å²) in [6.07, 6.45) is 0. The van der Waals surface area contributed by atoms with Crippen molar-refractivity contribution in [1.29, 1.82) is 0 Å². The number of methoxy groups -OCH3 is 1. The number of aromatic hydroxyl groups is 1. The smallest absolute Gasteiger partial charge is 0.271 e. The van der Waals surface area contributed by atoms with E-state index in [4.69, 9.17) is 4.74 Å². The number of hydrogen-bond acceptors (Lipinski definition) is 4. The summed E-state index contributed by atoms with van der Waals surface area (Å²) in [7, 11) is 1.53. The molecule has 0 aliphatic heterocycles. The van der Waals surface area contributed by atoms with Gasteiger partial charge in [-0.1, -0.05) is 17.7 Å². The van der Waals surface area contributed by atoms with Crippen LogP contribution in [0.15, 0.2) is 47.6 Å². The Morgan fingerprint density at radius 2 is 2.00 bits per heavy atom. The largest absolute Gasteiger partial charge is 0.507 e. The molecular formula is C17H18N2O3. The first-order valence-electron chi connectivity index (χ1n) is 6.80. The maximum Gasteiger partial charge on any atom is 0.271 e. The third kappa shape index (κ3) is 3.63. The van der Waals surface area contributed by atoms with Crippen molar-refractivity contribution >= 4 is 11.6 Å². The minimum atomic E-state index is -0.295. The molecule has 0 spiro atoms. The van der Waals surface area contributed by atoms with Gasteiger partial charge in [-0.2, -0.15) is 5.10 Å². The van der Waals surface area contributed by atoms with E-state index in [0.29, 0.717) is 22.6 Å². The summed E-state index contributed by atoms with van der Waals surface area (Å²) in [5, 5.41) is 14.0. The average molecular weight is 298 g/mol. The lowest BCUT2D eigenvalue weighted by molar-refractivity contribution is 0.0954. The number of phenolic OH excluding ortho intramolecular Hbond substituents is 1. The zero-order valence-corrected chi connectivity index (χ0v) is 12.8. The Hall–Kier alpha value is -2.82. The van der Waals surface area contributed by atoms with Crippen LogP contribution in [0.5, 0.6) is 11.5 Å². The van der Waals surface area contributed by atoms with Gasteiger partial charge in [0.1, 0.15) is 11.5 Å². The van der Waals surface area contributed by atoms with E-state index >= 15 is 0 Å². The Morgan fingerprint density at radius 3 is 2.64 bits per heavy atom. The molecule has 0 aromatic heterocycles. The number of nitrogens with one attached hydrogen (secondary N) is 1. The molecule has 0 radical (unpaired) electrons. The van der Waals surface area contributed by atoms with Crippen molar-refractivity contribution < 1.29 is 14.6 Å². The van der Waals surface area contributed by atoms with Crippen LogP contribution in [-0.4, -0.2) is 23.8 Å². The van der Waals surface area contributed by atoms with E-state index in [0.717, 1.165) is 5.56 Å². The topological polar surface area (TPSA) is 70.9 Å². The molecule has 2 rings (SSSR count). The molecule has 0 heterocycles. The minimum Gasteiger partial charge on any atom is -0.507 e. The summed E-state index contributed by atoms with van der Waals surface area (Å²) < 4.78 is 5.03. The molecule has 0 fully saturated rings. The van der Waals surface area contributed by atoms with Crippen LogP contribution >= 0.6 is 0 Å². The van der Waals surface area contributed by atoms with Gasteiger partial charge >= 0.3 is 0 Å². The fraction of sp³-hybridized carbons (Fsp3) is 0.176. The van der Waals surface area contributed by atoms with Gasteiger partial charge in [-0.15, -0.1) is 0 Å². The van der Waals surface area contributed by atoms with E-state index in [1.165, 1.54) is 13.2 Å². The molecular weight excluding hydrogens is 280 g/mol. The second-order valence-corrected chi connectivity index (χ2v) is 4.89. The number of carbonyl (C=O) groups excluding carboxylic acids is 1. The quantitative estimate of drug-likeness (QED) is 0.673. The highest BCUT2D eigenvalue weighted by Gasteiger charge is 2.08. The van der Waals surface area contributed by atoms with Gasteiger partial charge in [-0.3, -0.25) is 4.79 Å². The highest BCUT2D eigenvalue weighted by Crippen LogP contribution is 2.23. The third-order valence-corrected chi connectivity index (χ3v) is 3.20. The van der Waals surface area contributed by atoms with Gasteiger partial charge in [0, 0.05) is 17.2 Å². The Balaban J connectivity index is 2.14. The van der Waals surface area contributed by atoms with E-state index < -0.39 is 0 Å². The number of nitrogens with zero attached hydrogens (tertiary/aromatic N) is 1. The number of aryl methyl sites for hydroxylation is 1. The Bertz CT molecular complexity index is 724. The highest BCUT2D eigenvalue weighted by molar-refractivity contribution is 6.02. The van der Waals surface area contributed by atoms with E-state index in [1.807, 2.05) is 19.1 Å². The molecule has 5 nitrogen and oxygen atoms in total. The number of hydrazone groups is 1. The van der Waals surface area contributed by atoms with Crippen LogP contribution in [0.1, 0.15) is 28.4 Å². The number of rotatable bonds is 4. The lowest BCUT2D eigenvalue weighted by Crippen LogP contribution is -2.19. The molecule has 0 unspecified atom stereocenters. The van der Waals surface area contributed by atoms with E-state index in [2.05, 4.69) is 10.5 Å². The number of hydrogen-bond donors (Lipinski definition) is 2. The molecule has 2 aromatic rings. The van der Waals surface area contributed by atoms with Crippen molar-refractivity contribution in [3.63, 3.8) is 0 Å². The fourth-order valence-electron chi connectivity index (χ4n) is 1.99. The number of phenols is 1. The number of carbonyl (C=O) groups is 1. The van der Waals surface area contributed by atoms with Gasteiger partial charge in [0.05, 0.1) is 12.8 Å². The number of benzene rings is 2. The van der Waals surface area contributed by atoms with Crippen molar-refractivity contribution in [2.24, 2.45) is 5.10 Å². The second-order valence-electron chi connectivity index (χ2n) is 4.89. The second kappa shape index (κ2) is 6.76. The molecule has 114 valence electrons. The number of amides is 1. The van der Waals surface area contributed by atoms with Gasteiger partial charge in [-0.05, 0) is 38.1 Å². The SMILES string of the molecule is COc1ccc(C(C)=NNC(=O)c2cccc(C)c2)c(O)c1. The molecule has 2 aromatic carbocycles. The molecule has 0 aliphatic rings. The van der Waals surface area contributed by atoms with Crippen LogP contribution < -0.4 is 10.2 Å². The predicted molar refractivity (Wildman–Crippen MR) is 85.5 cm³/mol. The monoisotopic (exact) mass is 298 g/mol. The van der Waals surface area contributed by atoms with Crippen molar-refractivity contribution in [1.82, 2.24) is 5.43 Å². The fourth-order valence-corrected chi connectivity index (χ4v) is 1.99. The number of ether oxygens (including phenoxy) is 1. The summed E-state index contributed by atoms with van der Waals surface area (Å²) >= 11 is 0. The normalized spacial score (nSPS) is 11.1. The minimum absolute atomic E-state index is 0.0467. The first-order valence-corrected chi connectivity index (χ1v) is 6.80. The van der Waals surface area contributed by atoms with Crippen LogP contribution in [0.4, 0.5) is 0 Å². The molecule has 0 bridgehead atoms. The van der Waals surface area contributed by atoms with Crippen molar-refractivity contribution in [3.05, 3.63) is 59.2 Å². The van der Waals surface area contributed by atoms with Crippen LogP contribution in [0, 0.1) is 6.92 Å². The zero-order chi connectivity index (χ0) is 16.1. The Labute approximate surface area is 129 Å². The molecule has 0 aliphatic carbocycles. The van der Waals surface area contributed by atoms with Gasteiger partial charge < -0.3 is 9.84 Å². The summed E-state index contributed by atoms with van der Waals surface area (Å²) in [5.74, 6) is 0.305. The van der Waals surface area contributed by atoms with E-state index in [-0.39, 0.29) is 11.7 Å². The maximum atomic E-state index is 12.0.